The summed E-state index contributed by atoms with van der Waals surface area (Å²) >= 11 is 0. The Labute approximate surface area is 214 Å². The average molecular weight is 496 g/mol. The standard InChI is InChI=1S/C31H30NO3P/c1-33-21-22-34-23-28-30(24-13-5-2-6-14-24)32-31(35-28)27-19-11-12-20-29(27)36(25-15-7-3-8-16-25)26-17-9-4-10-18-26/h2-20,28,30H,21-23H2,1H3/t28-,30-/m1/s1. The van der Waals surface area contributed by atoms with Gasteiger partial charge in [0, 0.05) is 12.7 Å². The maximum atomic E-state index is 6.55. The van der Waals surface area contributed by atoms with Gasteiger partial charge in [0.1, 0.15) is 6.04 Å². The van der Waals surface area contributed by atoms with E-state index >= 15 is 0 Å². The third-order valence-corrected chi connectivity index (χ3v) is 8.63. The lowest BCUT2D eigenvalue weighted by atomic mass is 10.0. The van der Waals surface area contributed by atoms with Crippen molar-refractivity contribution in [3.63, 3.8) is 0 Å². The molecule has 1 heterocycles. The molecule has 4 aromatic carbocycles. The highest BCUT2D eigenvalue weighted by molar-refractivity contribution is 7.80. The SMILES string of the molecule is COCCOC[C@H]1OC(c2ccccc2P(c2ccccc2)c2ccccc2)=N[C@@H]1c1ccccc1. The molecule has 0 bridgehead atoms. The van der Waals surface area contributed by atoms with Crippen LogP contribution in [-0.2, 0) is 14.2 Å². The molecule has 0 amide bonds. The van der Waals surface area contributed by atoms with Crippen molar-refractivity contribution in [3.8, 4) is 0 Å². The number of ether oxygens (including phenoxy) is 3. The molecule has 0 aromatic heterocycles. The molecule has 182 valence electrons. The predicted molar refractivity (Wildman–Crippen MR) is 148 cm³/mol. The highest BCUT2D eigenvalue weighted by Gasteiger charge is 2.34. The Morgan fingerprint density at radius 2 is 1.31 bits per heavy atom. The van der Waals surface area contributed by atoms with Gasteiger partial charge in [0.05, 0.1) is 19.8 Å². The average Bonchev–Trinajstić information content (AvgIpc) is 3.37. The summed E-state index contributed by atoms with van der Waals surface area (Å²) in [4.78, 5) is 5.13. The van der Waals surface area contributed by atoms with Gasteiger partial charge in [0.25, 0.3) is 0 Å². The summed E-state index contributed by atoms with van der Waals surface area (Å²) in [5.41, 5.74) is 2.16. The van der Waals surface area contributed by atoms with Crippen LogP contribution >= 0.6 is 7.92 Å². The number of nitrogens with zero attached hydrogens (tertiary/aromatic N) is 1. The number of rotatable bonds is 10. The first-order valence-electron chi connectivity index (χ1n) is 12.2. The summed E-state index contributed by atoms with van der Waals surface area (Å²) in [6.07, 6.45) is -0.202. The quantitative estimate of drug-likeness (QED) is 0.230. The van der Waals surface area contributed by atoms with E-state index in [4.69, 9.17) is 19.2 Å². The van der Waals surface area contributed by atoms with E-state index in [-0.39, 0.29) is 12.1 Å². The van der Waals surface area contributed by atoms with Crippen LogP contribution in [0.2, 0.25) is 0 Å². The van der Waals surface area contributed by atoms with Gasteiger partial charge in [0.2, 0.25) is 5.90 Å². The summed E-state index contributed by atoms with van der Waals surface area (Å²) < 4.78 is 17.6. The molecule has 4 aromatic rings. The number of hydrogen-bond donors (Lipinski definition) is 0. The molecule has 0 N–H and O–H groups in total. The smallest absolute Gasteiger partial charge is 0.217 e. The molecule has 2 atom stereocenters. The minimum absolute atomic E-state index is 0.128. The molecule has 0 saturated heterocycles. The van der Waals surface area contributed by atoms with E-state index in [2.05, 4.69) is 97.1 Å². The summed E-state index contributed by atoms with van der Waals surface area (Å²) in [5, 5.41) is 3.82. The van der Waals surface area contributed by atoms with Crippen LogP contribution in [0.1, 0.15) is 17.2 Å². The van der Waals surface area contributed by atoms with Crippen molar-refractivity contribution in [3.05, 3.63) is 126 Å². The van der Waals surface area contributed by atoms with Gasteiger partial charge >= 0.3 is 0 Å². The Bertz CT molecular complexity index is 1230. The maximum absolute atomic E-state index is 6.55. The van der Waals surface area contributed by atoms with Gasteiger partial charge in [-0.3, -0.25) is 0 Å². The van der Waals surface area contributed by atoms with Gasteiger partial charge in [0.15, 0.2) is 6.10 Å². The van der Waals surface area contributed by atoms with Crippen molar-refractivity contribution in [2.24, 2.45) is 4.99 Å². The Hall–Kier alpha value is -3.30. The first-order valence-corrected chi connectivity index (χ1v) is 13.5. The second-order valence-electron chi connectivity index (χ2n) is 8.54. The molecule has 1 aliphatic rings. The lowest BCUT2D eigenvalue weighted by Gasteiger charge is -2.22. The van der Waals surface area contributed by atoms with Gasteiger partial charge in [-0.25, -0.2) is 4.99 Å². The molecular formula is C31H30NO3P. The van der Waals surface area contributed by atoms with Crippen LogP contribution in [-0.4, -0.2) is 38.9 Å². The fourth-order valence-electron chi connectivity index (χ4n) is 4.42. The molecule has 0 radical (unpaired) electrons. The van der Waals surface area contributed by atoms with E-state index in [9.17, 15) is 0 Å². The molecular weight excluding hydrogens is 465 g/mol. The number of hydrogen-bond acceptors (Lipinski definition) is 4. The minimum atomic E-state index is -0.790. The molecule has 0 spiro atoms. The molecule has 0 unspecified atom stereocenters. The number of aliphatic imine (C=N–C) groups is 1. The van der Waals surface area contributed by atoms with E-state index in [1.165, 1.54) is 15.9 Å². The van der Waals surface area contributed by atoms with Crippen LogP contribution < -0.4 is 15.9 Å². The number of benzene rings is 4. The Kier molecular flexibility index (Phi) is 8.20. The van der Waals surface area contributed by atoms with Crippen LogP contribution in [0.15, 0.2) is 120 Å². The van der Waals surface area contributed by atoms with Crippen LogP contribution in [0.25, 0.3) is 0 Å². The zero-order valence-corrected chi connectivity index (χ0v) is 21.3. The fraction of sp³-hybridized carbons (Fsp3) is 0.194. The second kappa shape index (κ2) is 12.1. The van der Waals surface area contributed by atoms with Crippen molar-refractivity contribution in [2.45, 2.75) is 12.1 Å². The maximum Gasteiger partial charge on any atom is 0.217 e. The first kappa shape index (κ1) is 24.4. The molecule has 36 heavy (non-hydrogen) atoms. The van der Waals surface area contributed by atoms with E-state index in [1.807, 2.05) is 18.2 Å². The lowest BCUT2D eigenvalue weighted by Crippen LogP contribution is -2.27. The molecule has 5 heteroatoms. The van der Waals surface area contributed by atoms with Gasteiger partial charge in [-0.15, -0.1) is 0 Å². The molecule has 0 fully saturated rings. The highest BCUT2D eigenvalue weighted by Crippen LogP contribution is 2.37. The Balaban J connectivity index is 1.54. The molecule has 1 aliphatic heterocycles. The Morgan fingerprint density at radius 1 is 0.722 bits per heavy atom. The zero-order chi connectivity index (χ0) is 24.6. The van der Waals surface area contributed by atoms with Crippen LogP contribution in [0.4, 0.5) is 0 Å². The van der Waals surface area contributed by atoms with E-state index < -0.39 is 7.92 Å². The zero-order valence-electron chi connectivity index (χ0n) is 20.4. The summed E-state index contributed by atoms with van der Waals surface area (Å²) in [6.45, 7) is 1.53. The van der Waals surface area contributed by atoms with Crippen LogP contribution in [0, 0.1) is 0 Å². The van der Waals surface area contributed by atoms with E-state index in [1.54, 1.807) is 7.11 Å². The highest BCUT2D eigenvalue weighted by atomic mass is 31.1. The Morgan fingerprint density at radius 3 is 1.94 bits per heavy atom. The third-order valence-electron chi connectivity index (χ3n) is 6.13. The van der Waals surface area contributed by atoms with Gasteiger partial charge < -0.3 is 14.2 Å². The predicted octanol–water partition coefficient (Wildman–Crippen LogP) is 4.99. The number of methoxy groups -OCH3 is 1. The van der Waals surface area contributed by atoms with Crippen molar-refractivity contribution >= 4 is 29.7 Å². The molecule has 0 saturated carbocycles. The van der Waals surface area contributed by atoms with Crippen molar-refractivity contribution in [2.75, 3.05) is 26.9 Å². The van der Waals surface area contributed by atoms with E-state index in [0.717, 1.165) is 11.1 Å². The largest absolute Gasteiger partial charge is 0.469 e. The van der Waals surface area contributed by atoms with E-state index in [0.29, 0.717) is 25.7 Å². The van der Waals surface area contributed by atoms with Gasteiger partial charge in [-0.1, -0.05) is 109 Å². The molecule has 5 rings (SSSR count). The third kappa shape index (κ3) is 5.57. The molecule has 4 nitrogen and oxygen atoms in total. The van der Waals surface area contributed by atoms with Crippen molar-refractivity contribution in [1.82, 2.24) is 0 Å². The summed E-state index contributed by atoms with van der Waals surface area (Å²) in [7, 11) is 0.888. The molecule has 0 aliphatic carbocycles. The van der Waals surface area contributed by atoms with Crippen LogP contribution in [0.5, 0.6) is 0 Å². The van der Waals surface area contributed by atoms with Crippen molar-refractivity contribution in [1.29, 1.82) is 0 Å². The topological polar surface area (TPSA) is 40.0 Å². The summed E-state index contributed by atoms with van der Waals surface area (Å²) in [5.74, 6) is 0.680. The first-order chi connectivity index (χ1) is 17.8. The van der Waals surface area contributed by atoms with Crippen molar-refractivity contribution < 1.29 is 14.2 Å². The minimum Gasteiger partial charge on any atom is -0.469 e. The summed E-state index contributed by atoms with van der Waals surface area (Å²) in [6, 6.07) is 40.1. The normalized spacial score (nSPS) is 17.1. The lowest BCUT2D eigenvalue weighted by molar-refractivity contribution is 0.0187. The van der Waals surface area contributed by atoms with Crippen LogP contribution in [0.3, 0.4) is 0 Å². The fourth-order valence-corrected chi connectivity index (χ4v) is 6.86. The van der Waals surface area contributed by atoms with Gasteiger partial charge in [-0.05, 0) is 35.5 Å². The second-order valence-corrected chi connectivity index (χ2v) is 10.7. The monoisotopic (exact) mass is 495 g/mol. The van der Waals surface area contributed by atoms with Gasteiger partial charge in [-0.2, -0.15) is 0 Å².